The number of para-hydroxylation sites is 1. The molecule has 0 spiro atoms. The summed E-state index contributed by atoms with van der Waals surface area (Å²) in [6, 6.07) is 8.09. The second-order valence-electron chi connectivity index (χ2n) is 2.35. The van der Waals surface area contributed by atoms with Crippen LogP contribution >= 0.6 is 0 Å². The van der Waals surface area contributed by atoms with Crippen molar-refractivity contribution in [1.29, 1.82) is 0 Å². The molecule has 0 saturated carbocycles. The SMILES string of the molecule is C=C(F)NC(=O)Nc1ccccc1. The Balaban J connectivity index is 2.50. The Morgan fingerprint density at radius 2 is 1.92 bits per heavy atom. The molecular formula is C9H9FN2O. The predicted molar refractivity (Wildman–Crippen MR) is 48.8 cm³/mol. The van der Waals surface area contributed by atoms with Crippen molar-refractivity contribution in [1.82, 2.24) is 5.32 Å². The molecule has 0 aliphatic heterocycles. The van der Waals surface area contributed by atoms with Crippen LogP contribution in [0.1, 0.15) is 0 Å². The van der Waals surface area contributed by atoms with Crippen LogP contribution in [0.25, 0.3) is 0 Å². The molecule has 0 aliphatic carbocycles. The Labute approximate surface area is 75.3 Å². The lowest BCUT2D eigenvalue weighted by Gasteiger charge is -2.04. The Morgan fingerprint density at radius 3 is 2.46 bits per heavy atom. The maximum atomic E-state index is 12.1. The largest absolute Gasteiger partial charge is 0.325 e. The van der Waals surface area contributed by atoms with Gasteiger partial charge in [0.15, 0.2) is 5.95 Å². The summed E-state index contributed by atoms with van der Waals surface area (Å²) >= 11 is 0. The Morgan fingerprint density at radius 1 is 1.31 bits per heavy atom. The summed E-state index contributed by atoms with van der Waals surface area (Å²) in [5.74, 6) is -0.881. The number of halogens is 1. The van der Waals surface area contributed by atoms with Gasteiger partial charge < -0.3 is 5.32 Å². The summed E-state index contributed by atoms with van der Waals surface area (Å²) in [4.78, 5) is 10.9. The molecule has 0 aliphatic rings. The average Bonchev–Trinajstić information content (AvgIpc) is 2.04. The summed E-state index contributed by atoms with van der Waals surface area (Å²) < 4.78 is 12.1. The van der Waals surface area contributed by atoms with Crippen LogP contribution in [-0.2, 0) is 0 Å². The van der Waals surface area contributed by atoms with E-state index in [-0.39, 0.29) is 0 Å². The van der Waals surface area contributed by atoms with Crippen LogP contribution < -0.4 is 10.6 Å². The number of carbonyl (C=O) groups excluding carboxylic acids is 1. The highest BCUT2D eigenvalue weighted by Crippen LogP contribution is 2.04. The summed E-state index contributed by atoms with van der Waals surface area (Å²) in [7, 11) is 0. The van der Waals surface area contributed by atoms with Gasteiger partial charge in [0.05, 0.1) is 0 Å². The van der Waals surface area contributed by atoms with E-state index in [1.165, 1.54) is 0 Å². The zero-order valence-electron chi connectivity index (χ0n) is 6.88. The standard InChI is InChI=1S/C9H9FN2O/c1-7(10)11-9(13)12-8-5-3-2-4-6-8/h2-6H,1H2,(H2,11,12,13). The number of hydrogen-bond acceptors (Lipinski definition) is 1. The van der Waals surface area contributed by atoms with Crippen molar-refractivity contribution in [3.8, 4) is 0 Å². The molecule has 1 rings (SSSR count). The van der Waals surface area contributed by atoms with Crippen molar-refractivity contribution in [3.63, 3.8) is 0 Å². The monoisotopic (exact) mass is 180 g/mol. The number of benzene rings is 1. The third kappa shape index (κ3) is 3.37. The molecular weight excluding hydrogens is 171 g/mol. The zero-order valence-corrected chi connectivity index (χ0v) is 6.88. The van der Waals surface area contributed by atoms with Crippen molar-refractivity contribution >= 4 is 11.7 Å². The smallest absolute Gasteiger partial charge is 0.308 e. The molecule has 0 unspecified atom stereocenters. The predicted octanol–water partition coefficient (Wildman–Crippen LogP) is 2.25. The van der Waals surface area contributed by atoms with Crippen LogP contribution in [0.4, 0.5) is 14.9 Å². The fourth-order valence-corrected chi connectivity index (χ4v) is 0.807. The van der Waals surface area contributed by atoms with Gasteiger partial charge in [-0.1, -0.05) is 18.2 Å². The molecule has 0 atom stereocenters. The number of nitrogens with one attached hydrogen (secondary N) is 2. The summed E-state index contributed by atoms with van der Waals surface area (Å²) in [6.07, 6.45) is 0. The van der Waals surface area contributed by atoms with Gasteiger partial charge in [-0.25, -0.2) is 4.79 Å². The molecule has 0 saturated heterocycles. The van der Waals surface area contributed by atoms with Crippen molar-refractivity contribution in [2.75, 3.05) is 5.32 Å². The third-order valence-corrected chi connectivity index (χ3v) is 1.28. The Kier molecular flexibility index (Phi) is 3.03. The summed E-state index contributed by atoms with van der Waals surface area (Å²) in [5.41, 5.74) is 0.598. The topological polar surface area (TPSA) is 41.1 Å². The lowest BCUT2D eigenvalue weighted by Crippen LogP contribution is -2.26. The quantitative estimate of drug-likeness (QED) is 0.673. The highest BCUT2D eigenvalue weighted by atomic mass is 19.1. The van der Waals surface area contributed by atoms with Gasteiger partial charge in [-0.3, -0.25) is 5.32 Å². The molecule has 4 heteroatoms. The van der Waals surface area contributed by atoms with E-state index in [2.05, 4.69) is 11.9 Å². The van der Waals surface area contributed by atoms with Crippen molar-refractivity contribution in [3.05, 3.63) is 42.9 Å². The van der Waals surface area contributed by atoms with E-state index < -0.39 is 12.0 Å². The first-order valence-electron chi connectivity index (χ1n) is 3.66. The average molecular weight is 180 g/mol. The molecule has 2 amide bonds. The van der Waals surface area contributed by atoms with E-state index in [9.17, 15) is 9.18 Å². The molecule has 68 valence electrons. The van der Waals surface area contributed by atoms with E-state index in [0.29, 0.717) is 5.69 Å². The fourth-order valence-electron chi connectivity index (χ4n) is 0.807. The Hall–Kier alpha value is -1.84. The number of hydrogen-bond donors (Lipinski definition) is 2. The molecule has 0 aromatic heterocycles. The van der Waals surface area contributed by atoms with Crippen LogP contribution in [0.2, 0.25) is 0 Å². The normalized spacial score (nSPS) is 9.00. The maximum Gasteiger partial charge on any atom is 0.325 e. The van der Waals surface area contributed by atoms with Gasteiger partial charge in [-0.2, -0.15) is 4.39 Å². The first-order chi connectivity index (χ1) is 6.18. The minimum absolute atomic E-state index is 0.598. The highest BCUT2D eigenvalue weighted by Gasteiger charge is 2.00. The van der Waals surface area contributed by atoms with Crippen molar-refractivity contribution in [2.24, 2.45) is 0 Å². The number of carbonyl (C=O) groups is 1. The van der Waals surface area contributed by atoms with Gasteiger partial charge in [0.1, 0.15) is 0 Å². The lowest BCUT2D eigenvalue weighted by atomic mass is 10.3. The van der Waals surface area contributed by atoms with E-state index >= 15 is 0 Å². The Bertz CT molecular complexity index is 311. The van der Waals surface area contributed by atoms with Crippen LogP contribution in [0.5, 0.6) is 0 Å². The summed E-state index contributed by atoms with van der Waals surface area (Å²) in [6.45, 7) is 2.90. The second kappa shape index (κ2) is 4.25. The van der Waals surface area contributed by atoms with Gasteiger partial charge in [-0.15, -0.1) is 0 Å². The fraction of sp³-hybridized carbons (Fsp3) is 0. The molecule has 3 nitrogen and oxygen atoms in total. The number of urea groups is 1. The van der Waals surface area contributed by atoms with Crippen LogP contribution in [0.15, 0.2) is 42.9 Å². The van der Waals surface area contributed by atoms with E-state index in [1.54, 1.807) is 24.3 Å². The maximum absolute atomic E-state index is 12.1. The van der Waals surface area contributed by atoms with Crippen molar-refractivity contribution < 1.29 is 9.18 Å². The van der Waals surface area contributed by atoms with Crippen LogP contribution in [-0.4, -0.2) is 6.03 Å². The molecule has 1 aromatic carbocycles. The van der Waals surface area contributed by atoms with Crippen LogP contribution in [0, 0.1) is 0 Å². The molecule has 0 heterocycles. The number of rotatable bonds is 2. The van der Waals surface area contributed by atoms with Gasteiger partial charge in [0.25, 0.3) is 0 Å². The first kappa shape index (κ1) is 9.25. The third-order valence-electron chi connectivity index (χ3n) is 1.28. The molecule has 1 aromatic rings. The van der Waals surface area contributed by atoms with Gasteiger partial charge >= 0.3 is 6.03 Å². The van der Waals surface area contributed by atoms with Crippen LogP contribution in [0.3, 0.4) is 0 Å². The minimum atomic E-state index is -0.881. The minimum Gasteiger partial charge on any atom is -0.308 e. The first-order valence-corrected chi connectivity index (χ1v) is 3.66. The van der Waals surface area contributed by atoms with Gasteiger partial charge in [0.2, 0.25) is 0 Å². The summed E-state index contributed by atoms with van der Waals surface area (Å²) in [5, 5.41) is 4.30. The molecule has 13 heavy (non-hydrogen) atoms. The molecule has 0 bridgehead atoms. The molecule has 0 fully saturated rings. The number of amides is 2. The zero-order chi connectivity index (χ0) is 9.68. The highest BCUT2D eigenvalue weighted by molar-refractivity contribution is 5.89. The van der Waals surface area contributed by atoms with Gasteiger partial charge in [0, 0.05) is 5.69 Å². The number of anilines is 1. The molecule has 2 N–H and O–H groups in total. The second-order valence-corrected chi connectivity index (χ2v) is 2.35. The lowest BCUT2D eigenvalue weighted by molar-refractivity contribution is 0.252. The van der Waals surface area contributed by atoms with Crippen molar-refractivity contribution in [2.45, 2.75) is 0 Å². The van der Waals surface area contributed by atoms with E-state index in [0.717, 1.165) is 0 Å². The molecule has 0 radical (unpaired) electrons. The van der Waals surface area contributed by atoms with E-state index in [4.69, 9.17) is 0 Å². The van der Waals surface area contributed by atoms with E-state index in [1.807, 2.05) is 11.4 Å². The van der Waals surface area contributed by atoms with Gasteiger partial charge in [-0.05, 0) is 18.7 Å².